The summed E-state index contributed by atoms with van der Waals surface area (Å²) in [6, 6.07) is 13.0. The smallest absolute Gasteiger partial charge is 0.152 e. The van der Waals surface area contributed by atoms with Crippen molar-refractivity contribution in [1.29, 1.82) is 0 Å². The van der Waals surface area contributed by atoms with Crippen LogP contribution in [0.5, 0.6) is 5.75 Å². The summed E-state index contributed by atoms with van der Waals surface area (Å²) in [4.78, 5) is 8.27. The first kappa shape index (κ1) is 18.5. The van der Waals surface area contributed by atoms with Crippen molar-refractivity contribution in [3.8, 4) is 5.75 Å². The minimum absolute atomic E-state index is 0.462. The number of unbranched alkanes of at least 4 members (excludes halogenated alkanes) is 1. The van der Waals surface area contributed by atoms with Crippen molar-refractivity contribution in [2.45, 2.75) is 37.1 Å². The van der Waals surface area contributed by atoms with Crippen LogP contribution < -0.4 is 9.64 Å². The first-order valence-electron chi connectivity index (χ1n) is 8.62. The number of methoxy groups -OCH3 is 1. The van der Waals surface area contributed by atoms with E-state index in [0.717, 1.165) is 27.6 Å². The summed E-state index contributed by atoms with van der Waals surface area (Å²) in [7, 11) is 3.86. The molecular weight excluding hydrogens is 398 g/mol. The predicted octanol–water partition coefficient (Wildman–Crippen LogP) is 5.50. The number of aromatic nitrogens is 1. The van der Waals surface area contributed by atoms with Crippen molar-refractivity contribution in [3.05, 3.63) is 41.0 Å². The number of anilines is 2. The molecule has 4 nitrogen and oxygen atoms in total. The summed E-state index contributed by atoms with van der Waals surface area (Å²) >= 11 is 5.30. The van der Waals surface area contributed by atoms with Gasteiger partial charge in [0.1, 0.15) is 10.4 Å². The van der Waals surface area contributed by atoms with Gasteiger partial charge in [0.25, 0.3) is 0 Å². The molecule has 1 aliphatic heterocycles. The second kappa shape index (κ2) is 8.43. The first-order chi connectivity index (χ1) is 12.1. The van der Waals surface area contributed by atoms with Crippen LogP contribution in [0.2, 0.25) is 0 Å². The number of ether oxygens (including phenoxy) is 1. The van der Waals surface area contributed by atoms with E-state index in [1.165, 1.54) is 24.9 Å². The molecule has 3 rings (SSSR count). The Morgan fingerprint density at radius 1 is 1.32 bits per heavy atom. The number of likely N-dealkylation sites (N-methyl/N-ethyl adjacent to an activating group) is 1. The molecule has 0 saturated heterocycles. The molecule has 0 radical (unpaired) electrons. The molecule has 1 unspecified atom stereocenters. The average molecular weight is 422 g/mol. The maximum atomic E-state index is 5.46. The van der Waals surface area contributed by atoms with Gasteiger partial charge in [-0.15, -0.1) is 0 Å². The van der Waals surface area contributed by atoms with Crippen LogP contribution in [0.25, 0.3) is 0 Å². The molecule has 1 aliphatic rings. The molecule has 1 atom stereocenters. The zero-order valence-electron chi connectivity index (χ0n) is 14.9. The molecule has 2 heterocycles. The molecule has 6 heteroatoms. The monoisotopic (exact) mass is 421 g/mol. The molecule has 25 heavy (non-hydrogen) atoms. The summed E-state index contributed by atoms with van der Waals surface area (Å²) in [6.07, 6.45) is 3.62. The Hall–Kier alpha value is -1.24. The third-order valence-electron chi connectivity index (χ3n) is 4.47. The van der Waals surface area contributed by atoms with Gasteiger partial charge in [0.2, 0.25) is 0 Å². The van der Waals surface area contributed by atoms with Crippen molar-refractivity contribution < 1.29 is 4.74 Å². The molecule has 2 aromatic rings. The zero-order chi connectivity index (χ0) is 17.8. The standard InChI is InChI=1S/C19H24BrN3OS/c1-4-5-9-15-13-23(14-10-7-6-8-11-14)19-17(25-22(15)2)12-16(24-3)18(20)21-19/h6-8,10-12,15H,4-5,9,13H2,1-3H3. The Kier molecular flexibility index (Phi) is 6.25. The number of para-hydroxylation sites is 1. The third-order valence-corrected chi connectivity index (χ3v) is 6.13. The highest BCUT2D eigenvalue weighted by Gasteiger charge is 2.29. The van der Waals surface area contributed by atoms with E-state index in [1.807, 2.05) is 0 Å². The van der Waals surface area contributed by atoms with Crippen LogP contribution in [0, 0.1) is 0 Å². The number of nitrogens with zero attached hydrogens (tertiary/aromatic N) is 3. The molecule has 1 aromatic carbocycles. The Balaban J connectivity index is 2.05. The lowest BCUT2D eigenvalue weighted by molar-refractivity contribution is 0.382. The zero-order valence-corrected chi connectivity index (χ0v) is 17.3. The summed E-state index contributed by atoms with van der Waals surface area (Å²) in [5, 5.41) is 0. The van der Waals surface area contributed by atoms with Gasteiger partial charge in [0.05, 0.1) is 12.0 Å². The minimum Gasteiger partial charge on any atom is -0.494 e. The van der Waals surface area contributed by atoms with Crippen LogP contribution in [0.4, 0.5) is 11.5 Å². The summed E-state index contributed by atoms with van der Waals surface area (Å²) in [5.41, 5.74) is 1.17. The average Bonchev–Trinajstić information content (AvgIpc) is 2.76. The van der Waals surface area contributed by atoms with Crippen LogP contribution >= 0.6 is 27.9 Å². The van der Waals surface area contributed by atoms with E-state index in [4.69, 9.17) is 9.72 Å². The van der Waals surface area contributed by atoms with Gasteiger partial charge < -0.3 is 9.64 Å². The van der Waals surface area contributed by atoms with Crippen molar-refractivity contribution in [2.75, 3.05) is 25.6 Å². The lowest BCUT2D eigenvalue weighted by Gasteiger charge is -2.29. The summed E-state index contributed by atoms with van der Waals surface area (Å²) < 4.78 is 8.57. The number of hydrogen-bond donors (Lipinski definition) is 0. The van der Waals surface area contributed by atoms with Crippen molar-refractivity contribution >= 4 is 39.4 Å². The Morgan fingerprint density at radius 3 is 2.76 bits per heavy atom. The number of benzene rings is 1. The molecule has 0 bridgehead atoms. The van der Waals surface area contributed by atoms with Gasteiger partial charge in [-0.2, -0.15) is 0 Å². The lowest BCUT2D eigenvalue weighted by atomic mass is 10.1. The third kappa shape index (κ3) is 4.13. The van der Waals surface area contributed by atoms with Crippen LogP contribution in [-0.4, -0.2) is 36.0 Å². The highest BCUT2D eigenvalue weighted by molar-refractivity contribution is 9.10. The molecule has 0 fully saturated rings. The normalized spacial score (nSPS) is 17.9. The van der Waals surface area contributed by atoms with Crippen molar-refractivity contribution in [3.63, 3.8) is 0 Å². The van der Waals surface area contributed by atoms with Crippen LogP contribution in [-0.2, 0) is 0 Å². The molecular formula is C19H24BrN3OS. The summed E-state index contributed by atoms with van der Waals surface area (Å²) in [6.45, 7) is 3.17. The van der Waals surface area contributed by atoms with Gasteiger partial charge in [-0.25, -0.2) is 9.29 Å². The Bertz CT molecular complexity index is 713. The fraction of sp³-hybridized carbons (Fsp3) is 0.421. The quantitative estimate of drug-likeness (QED) is 0.469. The van der Waals surface area contributed by atoms with E-state index in [0.29, 0.717) is 6.04 Å². The largest absolute Gasteiger partial charge is 0.494 e. The van der Waals surface area contributed by atoms with E-state index in [9.17, 15) is 0 Å². The first-order valence-corrected chi connectivity index (χ1v) is 10.2. The topological polar surface area (TPSA) is 28.6 Å². The van der Waals surface area contributed by atoms with Gasteiger partial charge >= 0.3 is 0 Å². The van der Waals surface area contributed by atoms with Gasteiger partial charge in [-0.3, -0.25) is 0 Å². The van der Waals surface area contributed by atoms with Crippen LogP contribution in [0.3, 0.4) is 0 Å². The highest BCUT2D eigenvalue weighted by Crippen LogP contribution is 2.43. The number of fused-ring (bicyclic) bond motifs is 1. The van der Waals surface area contributed by atoms with E-state index in [1.54, 1.807) is 19.1 Å². The fourth-order valence-corrected chi connectivity index (χ4v) is 4.51. The minimum atomic E-state index is 0.462. The molecule has 0 N–H and O–H groups in total. The predicted molar refractivity (Wildman–Crippen MR) is 109 cm³/mol. The second-order valence-electron chi connectivity index (χ2n) is 6.18. The molecule has 0 amide bonds. The molecule has 134 valence electrons. The molecule has 0 saturated carbocycles. The second-order valence-corrected chi connectivity index (χ2v) is 8.13. The SMILES string of the molecule is CCCCC1CN(c2ccccc2)c2nc(Br)c(OC)cc2SN1C. The van der Waals surface area contributed by atoms with Crippen LogP contribution in [0.15, 0.2) is 45.9 Å². The number of rotatable bonds is 5. The van der Waals surface area contributed by atoms with E-state index >= 15 is 0 Å². The Labute approximate surface area is 162 Å². The van der Waals surface area contributed by atoms with Gasteiger partial charge in [0, 0.05) is 24.3 Å². The van der Waals surface area contributed by atoms with Crippen molar-refractivity contribution in [2.24, 2.45) is 0 Å². The maximum Gasteiger partial charge on any atom is 0.152 e. The lowest BCUT2D eigenvalue weighted by Crippen LogP contribution is -2.35. The number of hydrogen-bond acceptors (Lipinski definition) is 5. The van der Waals surface area contributed by atoms with Crippen molar-refractivity contribution in [1.82, 2.24) is 9.29 Å². The fourth-order valence-electron chi connectivity index (χ4n) is 3.04. The summed E-state index contributed by atoms with van der Waals surface area (Å²) in [5.74, 6) is 1.74. The van der Waals surface area contributed by atoms with E-state index in [-0.39, 0.29) is 0 Å². The van der Waals surface area contributed by atoms with Crippen LogP contribution in [0.1, 0.15) is 26.2 Å². The number of halogens is 1. The van der Waals surface area contributed by atoms with E-state index < -0.39 is 0 Å². The van der Waals surface area contributed by atoms with Gasteiger partial charge in [-0.05, 0) is 53.5 Å². The molecule has 0 aliphatic carbocycles. The highest BCUT2D eigenvalue weighted by atomic mass is 79.9. The molecule has 1 aromatic heterocycles. The van der Waals surface area contributed by atoms with Gasteiger partial charge in [-0.1, -0.05) is 38.0 Å². The Morgan fingerprint density at radius 2 is 2.08 bits per heavy atom. The van der Waals surface area contributed by atoms with E-state index in [2.05, 4.69) is 75.5 Å². The van der Waals surface area contributed by atoms with Gasteiger partial charge in [0.15, 0.2) is 5.75 Å². The molecule has 0 spiro atoms. The number of pyridine rings is 1. The maximum absolute atomic E-state index is 5.46.